The van der Waals surface area contributed by atoms with Crippen molar-refractivity contribution < 1.29 is 0 Å². The molecule has 1 heterocycles. The first-order chi connectivity index (χ1) is 10.4. The Hall–Kier alpha value is -1.98. The predicted molar refractivity (Wildman–Crippen MR) is 91.7 cm³/mol. The van der Waals surface area contributed by atoms with Gasteiger partial charge in [0.15, 0.2) is 0 Å². The number of rotatable bonds is 4. The fourth-order valence-electron chi connectivity index (χ4n) is 2.53. The van der Waals surface area contributed by atoms with E-state index in [1.165, 1.54) is 10.6 Å². The third-order valence-electron chi connectivity index (χ3n) is 3.57. The molecule has 0 spiro atoms. The Labute approximate surface area is 127 Å². The molecule has 0 amide bonds. The topological polar surface area (TPSA) is 12.9 Å². The van der Waals surface area contributed by atoms with Crippen LogP contribution in [0, 0.1) is 0 Å². The van der Waals surface area contributed by atoms with E-state index < -0.39 is 7.92 Å². The van der Waals surface area contributed by atoms with Gasteiger partial charge in [-0.25, -0.2) is 0 Å². The first-order valence-electron chi connectivity index (χ1n) is 7.16. The zero-order valence-electron chi connectivity index (χ0n) is 12.1. The van der Waals surface area contributed by atoms with Crippen LogP contribution in [0.5, 0.6) is 0 Å². The minimum atomic E-state index is -0.451. The second-order valence-electron chi connectivity index (χ2n) is 4.97. The fourth-order valence-corrected chi connectivity index (χ4v) is 5.13. The second kappa shape index (κ2) is 6.65. The Balaban J connectivity index is 2.05. The summed E-state index contributed by atoms with van der Waals surface area (Å²) >= 11 is 0. The van der Waals surface area contributed by atoms with Gasteiger partial charge in [-0.2, -0.15) is 0 Å². The molecule has 0 fully saturated rings. The van der Waals surface area contributed by atoms with Crippen LogP contribution >= 0.6 is 7.92 Å². The van der Waals surface area contributed by atoms with Crippen LogP contribution in [0.4, 0.5) is 0 Å². The molecule has 2 heteroatoms. The van der Waals surface area contributed by atoms with Crippen LogP contribution in [0.15, 0.2) is 85.1 Å². The monoisotopic (exact) mass is 291 g/mol. The predicted octanol–water partition coefficient (Wildman–Crippen LogP) is 4.28. The molecule has 0 aliphatic rings. The Kier molecular flexibility index (Phi) is 4.43. The lowest BCUT2D eigenvalue weighted by molar-refractivity contribution is 0.999. The average Bonchev–Trinajstić information content (AvgIpc) is 2.58. The molecule has 0 aliphatic carbocycles. The second-order valence-corrected chi connectivity index (χ2v) is 7.52. The van der Waals surface area contributed by atoms with Gasteiger partial charge in [-0.15, -0.1) is 0 Å². The molecule has 0 radical (unpaired) electrons. The molecule has 0 aliphatic heterocycles. The quantitative estimate of drug-likeness (QED) is 0.654. The van der Waals surface area contributed by atoms with Gasteiger partial charge in [-0.1, -0.05) is 73.7 Å². The lowest BCUT2D eigenvalue weighted by atomic mass is 10.3. The zero-order valence-corrected chi connectivity index (χ0v) is 12.9. The van der Waals surface area contributed by atoms with Crippen molar-refractivity contribution in [1.82, 2.24) is 4.98 Å². The van der Waals surface area contributed by atoms with Crippen molar-refractivity contribution >= 4 is 18.5 Å². The average molecular weight is 291 g/mol. The van der Waals surface area contributed by atoms with E-state index in [4.69, 9.17) is 0 Å². The maximum absolute atomic E-state index is 4.57. The number of aromatic nitrogens is 1. The molecule has 0 bridgehead atoms. The van der Waals surface area contributed by atoms with E-state index in [-0.39, 0.29) is 0 Å². The van der Waals surface area contributed by atoms with Crippen LogP contribution in [0.25, 0.3) is 0 Å². The van der Waals surface area contributed by atoms with Crippen LogP contribution in [0.3, 0.4) is 0 Å². The van der Waals surface area contributed by atoms with Gasteiger partial charge >= 0.3 is 0 Å². The summed E-state index contributed by atoms with van der Waals surface area (Å²) in [6.07, 6.45) is 1.88. The number of nitrogens with zero attached hydrogens (tertiary/aromatic N) is 1. The molecule has 2 aromatic carbocycles. The molecular weight excluding hydrogens is 273 g/mol. The summed E-state index contributed by atoms with van der Waals surface area (Å²) in [7, 11) is -0.451. The molecule has 0 saturated heterocycles. The van der Waals surface area contributed by atoms with Crippen LogP contribution in [-0.4, -0.2) is 4.98 Å². The zero-order chi connectivity index (χ0) is 14.5. The maximum Gasteiger partial charge on any atom is 0.0480 e. The van der Waals surface area contributed by atoms with Crippen LogP contribution < -0.4 is 10.6 Å². The summed E-state index contributed by atoms with van der Waals surface area (Å²) in [6.45, 7) is 2.29. The Morgan fingerprint density at radius 3 is 1.71 bits per heavy atom. The smallest absolute Gasteiger partial charge is 0.0480 e. The van der Waals surface area contributed by atoms with Crippen molar-refractivity contribution in [3.63, 3.8) is 0 Å². The van der Waals surface area contributed by atoms with E-state index in [0.29, 0.717) is 5.66 Å². The van der Waals surface area contributed by atoms with Gasteiger partial charge in [0.25, 0.3) is 0 Å². The third kappa shape index (κ3) is 3.20. The van der Waals surface area contributed by atoms with E-state index in [2.05, 4.69) is 84.7 Å². The van der Waals surface area contributed by atoms with Gasteiger partial charge < -0.3 is 0 Å². The van der Waals surface area contributed by atoms with E-state index >= 15 is 0 Å². The van der Waals surface area contributed by atoms with Crippen LogP contribution in [-0.2, 0) is 0 Å². The highest BCUT2D eigenvalue weighted by atomic mass is 31.1. The van der Waals surface area contributed by atoms with Gasteiger partial charge in [-0.3, -0.25) is 4.98 Å². The summed E-state index contributed by atoms with van der Waals surface area (Å²) < 4.78 is 0. The number of pyridine rings is 1. The van der Waals surface area contributed by atoms with E-state index in [0.717, 1.165) is 5.69 Å². The Morgan fingerprint density at radius 2 is 1.24 bits per heavy atom. The molecule has 0 saturated carbocycles. The SMILES string of the molecule is C[C@H](c1ccccn1)P(c1ccccc1)c1ccccc1. The highest BCUT2D eigenvalue weighted by Crippen LogP contribution is 2.48. The number of hydrogen-bond acceptors (Lipinski definition) is 1. The first kappa shape index (κ1) is 14.0. The van der Waals surface area contributed by atoms with Gasteiger partial charge in [0.05, 0.1) is 0 Å². The Morgan fingerprint density at radius 1 is 0.714 bits per heavy atom. The number of benzene rings is 2. The largest absolute Gasteiger partial charge is 0.261 e. The molecule has 1 atom stereocenters. The molecule has 0 unspecified atom stereocenters. The molecule has 3 rings (SSSR count). The molecule has 0 N–H and O–H groups in total. The minimum absolute atomic E-state index is 0.394. The van der Waals surface area contributed by atoms with E-state index in [9.17, 15) is 0 Å². The first-order valence-corrected chi connectivity index (χ1v) is 8.57. The van der Waals surface area contributed by atoms with Crippen molar-refractivity contribution in [3.8, 4) is 0 Å². The normalized spacial score (nSPS) is 12.3. The van der Waals surface area contributed by atoms with Crippen molar-refractivity contribution in [2.24, 2.45) is 0 Å². The van der Waals surface area contributed by atoms with Gasteiger partial charge in [-0.05, 0) is 30.7 Å². The highest BCUT2D eigenvalue weighted by molar-refractivity contribution is 7.73. The molecule has 1 nitrogen and oxygen atoms in total. The highest BCUT2D eigenvalue weighted by Gasteiger charge is 2.22. The molecule has 104 valence electrons. The summed E-state index contributed by atoms with van der Waals surface area (Å²) in [4.78, 5) is 4.57. The third-order valence-corrected chi connectivity index (χ3v) is 6.32. The summed E-state index contributed by atoms with van der Waals surface area (Å²) in [5.41, 5.74) is 1.56. The van der Waals surface area contributed by atoms with Crippen LogP contribution in [0.1, 0.15) is 18.3 Å². The van der Waals surface area contributed by atoms with Crippen molar-refractivity contribution in [2.75, 3.05) is 0 Å². The molecular formula is C19H18NP. The minimum Gasteiger partial charge on any atom is -0.261 e. The molecule has 21 heavy (non-hydrogen) atoms. The maximum atomic E-state index is 4.57. The van der Waals surface area contributed by atoms with Gasteiger partial charge in [0.2, 0.25) is 0 Å². The van der Waals surface area contributed by atoms with Crippen molar-refractivity contribution in [1.29, 1.82) is 0 Å². The van der Waals surface area contributed by atoms with Gasteiger partial charge in [0.1, 0.15) is 0 Å². The summed E-state index contributed by atoms with van der Waals surface area (Å²) in [6, 6.07) is 27.8. The summed E-state index contributed by atoms with van der Waals surface area (Å²) in [5, 5.41) is 2.80. The molecule has 1 aromatic heterocycles. The molecule has 3 aromatic rings. The standard InChI is InChI=1S/C19H18NP/c1-16(19-14-8-9-15-20-19)21(17-10-4-2-5-11-17)18-12-6-3-7-13-18/h2-16H,1H3/t16-/m1/s1. The van der Waals surface area contributed by atoms with E-state index in [1.807, 2.05) is 12.3 Å². The summed E-state index contributed by atoms with van der Waals surface area (Å²) in [5.74, 6) is 0. The van der Waals surface area contributed by atoms with Crippen molar-refractivity contribution in [2.45, 2.75) is 12.6 Å². The fraction of sp³-hybridized carbons (Fsp3) is 0.105. The van der Waals surface area contributed by atoms with Crippen LogP contribution in [0.2, 0.25) is 0 Å². The van der Waals surface area contributed by atoms with Gasteiger partial charge in [0, 0.05) is 17.5 Å². The number of hydrogen-bond donors (Lipinski definition) is 0. The van der Waals surface area contributed by atoms with Crippen molar-refractivity contribution in [3.05, 3.63) is 90.8 Å². The van der Waals surface area contributed by atoms with E-state index in [1.54, 1.807) is 0 Å². The Bertz CT molecular complexity index is 628. The lowest BCUT2D eigenvalue weighted by Gasteiger charge is -2.25. The lowest BCUT2D eigenvalue weighted by Crippen LogP contribution is -2.16.